The molecule has 5 heteroatoms. The predicted molar refractivity (Wildman–Crippen MR) is 121 cm³/mol. The molecule has 1 unspecified atom stereocenters. The molecule has 0 bridgehead atoms. The van der Waals surface area contributed by atoms with Gasteiger partial charge in [-0.15, -0.1) is 0 Å². The first kappa shape index (κ1) is 21.9. The maximum Gasteiger partial charge on any atom is 0.262 e. The van der Waals surface area contributed by atoms with E-state index in [1.165, 1.54) is 18.4 Å². The third-order valence-electron chi connectivity index (χ3n) is 5.95. The lowest BCUT2D eigenvalue weighted by molar-refractivity contribution is -0.117. The lowest BCUT2D eigenvalue weighted by Gasteiger charge is -2.28. The summed E-state index contributed by atoms with van der Waals surface area (Å²) in [5.41, 5.74) is 4.53. The van der Waals surface area contributed by atoms with E-state index in [2.05, 4.69) is 46.8 Å². The Hall–Kier alpha value is -2.84. The van der Waals surface area contributed by atoms with Gasteiger partial charge in [0.05, 0.1) is 6.04 Å². The number of nitrogens with one attached hydrogen (secondary N) is 1. The summed E-state index contributed by atoms with van der Waals surface area (Å²) in [4.78, 5) is 15.3. The van der Waals surface area contributed by atoms with Gasteiger partial charge in [0.15, 0.2) is 0 Å². The van der Waals surface area contributed by atoms with Gasteiger partial charge in [0.25, 0.3) is 5.91 Å². The summed E-state index contributed by atoms with van der Waals surface area (Å²) >= 11 is 0. The number of carbonyl (C=O) groups excluding carboxylic acids is 1. The van der Waals surface area contributed by atoms with Crippen molar-refractivity contribution < 1.29 is 4.79 Å². The van der Waals surface area contributed by atoms with E-state index in [4.69, 9.17) is 0 Å². The zero-order valence-electron chi connectivity index (χ0n) is 18.3. The van der Waals surface area contributed by atoms with Gasteiger partial charge in [0.1, 0.15) is 11.6 Å². The Balaban J connectivity index is 1.75. The van der Waals surface area contributed by atoms with Crippen LogP contribution in [0.5, 0.6) is 0 Å². The molecule has 1 atom stereocenters. The number of carbonyl (C=O) groups is 1. The maximum absolute atomic E-state index is 12.8. The van der Waals surface area contributed by atoms with Crippen LogP contribution in [0, 0.1) is 25.2 Å². The van der Waals surface area contributed by atoms with Crippen LogP contribution in [0.2, 0.25) is 0 Å². The maximum atomic E-state index is 12.8. The SMILES string of the molecule is CCCn1c(C)cc(/C=C(\C#N)C(=O)NCC(c2ccccc2)N2CCCC2)c1C. The molecule has 0 saturated carbocycles. The zero-order valence-corrected chi connectivity index (χ0v) is 18.3. The van der Waals surface area contributed by atoms with Crippen molar-refractivity contribution in [2.24, 2.45) is 0 Å². The predicted octanol–water partition coefficient (Wildman–Crippen LogP) is 4.38. The molecular formula is C25H32N4O. The smallest absolute Gasteiger partial charge is 0.262 e. The number of aromatic nitrogens is 1. The van der Waals surface area contributed by atoms with Gasteiger partial charge >= 0.3 is 0 Å². The van der Waals surface area contributed by atoms with Crippen molar-refractivity contribution in [1.29, 1.82) is 5.26 Å². The number of likely N-dealkylation sites (tertiary alicyclic amines) is 1. The number of hydrogen-bond acceptors (Lipinski definition) is 3. The van der Waals surface area contributed by atoms with Crippen LogP contribution >= 0.6 is 0 Å². The molecule has 1 N–H and O–H groups in total. The average molecular weight is 405 g/mol. The summed E-state index contributed by atoms with van der Waals surface area (Å²) in [6, 6.07) is 14.6. The minimum absolute atomic E-state index is 0.132. The molecule has 1 saturated heterocycles. The summed E-state index contributed by atoms with van der Waals surface area (Å²) in [6.45, 7) is 9.77. The van der Waals surface area contributed by atoms with Gasteiger partial charge in [-0.05, 0) is 69.5 Å². The highest BCUT2D eigenvalue weighted by atomic mass is 16.1. The molecule has 1 aromatic heterocycles. The van der Waals surface area contributed by atoms with Crippen LogP contribution < -0.4 is 5.32 Å². The van der Waals surface area contributed by atoms with Crippen molar-refractivity contribution in [3.63, 3.8) is 0 Å². The number of rotatable bonds is 8. The van der Waals surface area contributed by atoms with Crippen molar-refractivity contribution in [3.8, 4) is 6.07 Å². The zero-order chi connectivity index (χ0) is 21.5. The summed E-state index contributed by atoms with van der Waals surface area (Å²) in [6.07, 6.45) is 5.14. The highest BCUT2D eigenvalue weighted by molar-refractivity contribution is 6.01. The van der Waals surface area contributed by atoms with Gasteiger partial charge in [-0.1, -0.05) is 37.3 Å². The van der Waals surface area contributed by atoms with E-state index in [9.17, 15) is 10.1 Å². The van der Waals surface area contributed by atoms with Gasteiger partial charge in [-0.25, -0.2) is 0 Å². The molecule has 1 amide bonds. The minimum atomic E-state index is -0.307. The van der Waals surface area contributed by atoms with Crippen molar-refractivity contribution in [2.75, 3.05) is 19.6 Å². The minimum Gasteiger partial charge on any atom is -0.349 e. The first-order valence-electron chi connectivity index (χ1n) is 10.9. The normalized spacial score (nSPS) is 15.7. The molecule has 1 aromatic carbocycles. The molecule has 0 aliphatic carbocycles. The van der Waals surface area contributed by atoms with E-state index >= 15 is 0 Å². The molecule has 1 aliphatic heterocycles. The van der Waals surface area contributed by atoms with Crippen LogP contribution in [0.15, 0.2) is 42.0 Å². The van der Waals surface area contributed by atoms with Gasteiger partial charge in [-0.3, -0.25) is 9.69 Å². The number of benzene rings is 1. The molecule has 0 spiro atoms. The standard InChI is InChI=1S/C25H32N4O/c1-4-12-29-19(2)15-22(20(29)3)16-23(17-26)25(30)27-18-24(28-13-8-9-14-28)21-10-6-5-7-11-21/h5-7,10-11,15-16,24H,4,8-9,12-14,18H2,1-3H3,(H,27,30)/b23-16+. The number of nitrogens with zero attached hydrogens (tertiary/aromatic N) is 3. The van der Waals surface area contributed by atoms with E-state index in [1.54, 1.807) is 6.08 Å². The van der Waals surface area contributed by atoms with E-state index in [0.717, 1.165) is 43.0 Å². The van der Waals surface area contributed by atoms with Gasteiger partial charge in [-0.2, -0.15) is 5.26 Å². The molecular weight excluding hydrogens is 372 g/mol. The second-order valence-electron chi connectivity index (χ2n) is 8.03. The fourth-order valence-electron chi connectivity index (χ4n) is 4.32. The Morgan fingerprint density at radius 2 is 1.93 bits per heavy atom. The van der Waals surface area contributed by atoms with Crippen LogP contribution in [-0.4, -0.2) is 35.0 Å². The lowest BCUT2D eigenvalue weighted by atomic mass is 10.1. The molecule has 30 heavy (non-hydrogen) atoms. The quantitative estimate of drug-likeness (QED) is 0.525. The number of amides is 1. The van der Waals surface area contributed by atoms with E-state index in [0.29, 0.717) is 6.54 Å². The molecule has 158 valence electrons. The third kappa shape index (κ3) is 5.01. The van der Waals surface area contributed by atoms with Gasteiger partial charge in [0.2, 0.25) is 0 Å². The van der Waals surface area contributed by atoms with Crippen LogP contribution in [0.25, 0.3) is 6.08 Å². The Morgan fingerprint density at radius 1 is 1.23 bits per heavy atom. The van der Waals surface area contributed by atoms with Gasteiger partial charge in [0, 0.05) is 24.5 Å². The first-order valence-corrected chi connectivity index (χ1v) is 10.9. The van der Waals surface area contributed by atoms with E-state index < -0.39 is 0 Å². The average Bonchev–Trinajstić information content (AvgIpc) is 3.37. The van der Waals surface area contributed by atoms with Gasteiger partial charge < -0.3 is 9.88 Å². The third-order valence-corrected chi connectivity index (χ3v) is 5.95. The number of hydrogen-bond donors (Lipinski definition) is 1. The van der Waals surface area contributed by atoms with Crippen LogP contribution in [0.3, 0.4) is 0 Å². The Labute approximate surface area is 180 Å². The van der Waals surface area contributed by atoms with E-state index in [-0.39, 0.29) is 17.5 Å². The van der Waals surface area contributed by atoms with Crippen LogP contribution in [0.4, 0.5) is 0 Å². The molecule has 1 aliphatic rings. The molecule has 2 heterocycles. The molecule has 2 aromatic rings. The first-order chi connectivity index (χ1) is 14.5. The van der Waals surface area contributed by atoms with Crippen LogP contribution in [0.1, 0.15) is 54.7 Å². The number of aryl methyl sites for hydroxylation is 1. The Morgan fingerprint density at radius 3 is 2.57 bits per heavy atom. The largest absolute Gasteiger partial charge is 0.349 e. The fourth-order valence-corrected chi connectivity index (χ4v) is 4.32. The summed E-state index contributed by atoms with van der Waals surface area (Å²) in [5, 5.41) is 12.6. The Kier molecular flexibility index (Phi) is 7.48. The molecule has 0 radical (unpaired) electrons. The highest BCUT2D eigenvalue weighted by Crippen LogP contribution is 2.24. The second-order valence-corrected chi connectivity index (χ2v) is 8.03. The van der Waals surface area contributed by atoms with Crippen molar-refractivity contribution in [1.82, 2.24) is 14.8 Å². The Bertz CT molecular complexity index is 930. The molecule has 1 fully saturated rings. The second kappa shape index (κ2) is 10.3. The fraction of sp³-hybridized carbons (Fsp3) is 0.440. The van der Waals surface area contributed by atoms with Crippen LogP contribution in [-0.2, 0) is 11.3 Å². The lowest BCUT2D eigenvalue weighted by Crippen LogP contribution is -2.37. The summed E-state index contributed by atoms with van der Waals surface area (Å²) < 4.78 is 2.23. The summed E-state index contributed by atoms with van der Waals surface area (Å²) in [5.74, 6) is -0.307. The van der Waals surface area contributed by atoms with Crippen molar-refractivity contribution >= 4 is 12.0 Å². The molecule has 5 nitrogen and oxygen atoms in total. The topological polar surface area (TPSA) is 61.1 Å². The number of nitriles is 1. The molecule has 3 rings (SSSR count). The van der Waals surface area contributed by atoms with Crippen molar-refractivity contribution in [2.45, 2.75) is 52.6 Å². The van der Waals surface area contributed by atoms with E-state index in [1.807, 2.05) is 31.2 Å². The monoisotopic (exact) mass is 404 g/mol. The van der Waals surface area contributed by atoms with Crippen molar-refractivity contribution in [3.05, 3.63) is 64.5 Å². The highest BCUT2D eigenvalue weighted by Gasteiger charge is 2.24. The summed E-state index contributed by atoms with van der Waals surface area (Å²) in [7, 11) is 0.